The molecule has 0 aromatic carbocycles. The van der Waals surface area contributed by atoms with Gasteiger partial charge in [0.25, 0.3) is 0 Å². The highest BCUT2D eigenvalue weighted by molar-refractivity contribution is 9.63. The third kappa shape index (κ3) is 4.84. The lowest BCUT2D eigenvalue weighted by atomic mass is 9.94. The molecule has 0 aromatic heterocycles. The van der Waals surface area contributed by atoms with E-state index in [4.69, 9.17) is 4.74 Å². The molecular weight excluding hydrogens is 322 g/mol. The van der Waals surface area contributed by atoms with Gasteiger partial charge in [-0.15, -0.1) is 8.96 Å². The number of piperidine rings is 1. The molecule has 1 amide bonds. The van der Waals surface area contributed by atoms with Gasteiger partial charge >= 0.3 is 6.09 Å². The molecule has 0 atom stereocenters. The highest BCUT2D eigenvalue weighted by Gasteiger charge is 2.38. The van der Waals surface area contributed by atoms with Crippen molar-refractivity contribution in [3.05, 3.63) is 0 Å². The maximum atomic E-state index is 11.9. The molecule has 8 heteroatoms. The number of thiol groups is 1. The van der Waals surface area contributed by atoms with E-state index in [1.807, 2.05) is 50.2 Å². The quantitative estimate of drug-likeness (QED) is 0.590. The van der Waals surface area contributed by atoms with Gasteiger partial charge in [0, 0.05) is 18.8 Å². The molecule has 2 saturated heterocycles. The van der Waals surface area contributed by atoms with E-state index >= 15 is 0 Å². The van der Waals surface area contributed by atoms with Gasteiger partial charge in [-0.25, -0.2) is 4.79 Å². The summed E-state index contributed by atoms with van der Waals surface area (Å²) in [6.45, 7) is 6.80. The number of amides is 1. The van der Waals surface area contributed by atoms with Crippen LogP contribution in [-0.4, -0.2) is 46.1 Å². The first kappa shape index (κ1) is 16.0. The molecule has 4 nitrogen and oxygen atoms in total. The number of hydrogen-bond acceptors (Lipinski definition) is 6. The summed E-state index contributed by atoms with van der Waals surface area (Å²) in [5.41, 5.74) is -1.03. The van der Waals surface area contributed by atoms with Crippen molar-refractivity contribution in [3.8, 4) is 0 Å². The van der Waals surface area contributed by atoms with Crippen molar-refractivity contribution in [1.29, 1.82) is 0 Å². The second-order valence-electron chi connectivity index (χ2n) is 5.90. The molecule has 0 spiro atoms. The number of likely N-dealkylation sites (tertiary alicyclic amines) is 1. The molecule has 2 aliphatic heterocycles. The average Bonchev–Trinajstić information content (AvgIpc) is 2.22. The van der Waals surface area contributed by atoms with Crippen LogP contribution < -0.4 is 0 Å². The monoisotopic (exact) mass is 343 g/mol. The fourth-order valence-corrected chi connectivity index (χ4v) is 11.4. The van der Waals surface area contributed by atoms with Crippen LogP contribution in [0.5, 0.6) is 0 Å². The summed E-state index contributed by atoms with van der Waals surface area (Å²) < 4.78 is 5.36. The molecule has 0 saturated carbocycles. The van der Waals surface area contributed by atoms with Gasteiger partial charge < -0.3 is 14.7 Å². The van der Waals surface area contributed by atoms with Crippen LogP contribution in [0.1, 0.15) is 33.6 Å². The summed E-state index contributed by atoms with van der Waals surface area (Å²) in [6, 6.07) is 0. The summed E-state index contributed by atoms with van der Waals surface area (Å²) in [5, 5.41) is 10.5. The minimum atomic E-state index is -0.578. The normalized spacial score (nSPS) is 24.8. The van der Waals surface area contributed by atoms with Gasteiger partial charge in [-0.2, -0.15) is 0 Å². The second-order valence-corrected chi connectivity index (χ2v) is 15.9. The van der Waals surface area contributed by atoms with Crippen LogP contribution in [-0.2, 0) is 4.74 Å². The predicted molar refractivity (Wildman–Crippen MR) is 88.6 cm³/mol. The van der Waals surface area contributed by atoms with Gasteiger partial charge in [0.1, 0.15) is 5.60 Å². The lowest BCUT2D eigenvalue weighted by Gasteiger charge is -2.41. The van der Waals surface area contributed by atoms with Gasteiger partial charge in [-0.1, -0.05) is 0 Å². The molecule has 2 heterocycles. The van der Waals surface area contributed by atoms with Crippen molar-refractivity contribution < 1.29 is 14.6 Å². The zero-order chi connectivity index (χ0) is 14.1. The van der Waals surface area contributed by atoms with Crippen LogP contribution in [0.2, 0.25) is 0 Å². The Morgan fingerprint density at radius 3 is 2.37 bits per heavy atom. The fourth-order valence-electron chi connectivity index (χ4n) is 1.96. The topological polar surface area (TPSA) is 49.8 Å². The van der Waals surface area contributed by atoms with Gasteiger partial charge in [-0.3, -0.25) is 0 Å². The Kier molecular flexibility index (Phi) is 5.20. The maximum Gasteiger partial charge on any atom is 0.410 e. The van der Waals surface area contributed by atoms with Gasteiger partial charge in [0.15, 0.2) is 0 Å². The molecule has 112 valence electrons. The van der Waals surface area contributed by atoms with E-state index in [0.717, 1.165) is 5.75 Å². The molecule has 0 bridgehead atoms. The van der Waals surface area contributed by atoms with E-state index in [1.54, 1.807) is 4.90 Å². The highest BCUT2D eigenvalue weighted by atomic mass is 34.1. The Morgan fingerprint density at radius 1 is 1.37 bits per heavy atom. The van der Waals surface area contributed by atoms with E-state index in [1.165, 1.54) is 0 Å². The SMILES string of the molecule is CC(C)(C)OC(=O)N1CCC(O)(C[SH]2SSS2)CC1. The minimum Gasteiger partial charge on any atom is -0.444 e. The first-order valence-corrected chi connectivity index (χ1v) is 12.5. The molecule has 2 fully saturated rings. The lowest BCUT2D eigenvalue weighted by Crippen LogP contribution is -2.49. The predicted octanol–water partition coefficient (Wildman–Crippen LogP) is 3.62. The van der Waals surface area contributed by atoms with E-state index in [2.05, 4.69) is 0 Å². The third-order valence-corrected chi connectivity index (χ3v) is 17.1. The standard InChI is InChI=1S/C11H21NO3S4/c1-10(2,3)15-9(13)12-6-4-11(14,5-7-12)8-19-17-16-18-19/h14,19H,4-8H2,1-3H3. The van der Waals surface area contributed by atoms with Crippen LogP contribution in [0.3, 0.4) is 0 Å². The van der Waals surface area contributed by atoms with E-state index < -0.39 is 11.2 Å². The van der Waals surface area contributed by atoms with Crippen molar-refractivity contribution in [2.24, 2.45) is 0 Å². The Balaban J connectivity index is 1.79. The zero-order valence-electron chi connectivity index (χ0n) is 11.4. The van der Waals surface area contributed by atoms with Crippen molar-refractivity contribution in [3.63, 3.8) is 0 Å². The van der Waals surface area contributed by atoms with Crippen LogP contribution >= 0.6 is 38.4 Å². The Hall–Kier alpha value is 0.630. The van der Waals surface area contributed by atoms with Crippen molar-refractivity contribution in [1.82, 2.24) is 4.90 Å². The first-order valence-electron chi connectivity index (χ1n) is 6.27. The number of carbonyl (C=O) groups is 1. The smallest absolute Gasteiger partial charge is 0.410 e. The number of ether oxygens (including phenoxy) is 1. The number of carbonyl (C=O) groups excluding carboxylic acids is 1. The number of aliphatic hydroxyl groups is 1. The van der Waals surface area contributed by atoms with E-state index in [0.29, 0.717) is 25.9 Å². The lowest BCUT2D eigenvalue weighted by molar-refractivity contribution is -0.0189. The number of rotatable bonds is 2. The van der Waals surface area contributed by atoms with Crippen LogP contribution in [0.15, 0.2) is 0 Å². The van der Waals surface area contributed by atoms with Crippen LogP contribution in [0.4, 0.5) is 4.79 Å². The van der Waals surface area contributed by atoms with Crippen molar-refractivity contribution >= 4 is 44.5 Å². The summed E-state index contributed by atoms with van der Waals surface area (Å²) >= 11 is 0. The first-order chi connectivity index (χ1) is 8.77. The van der Waals surface area contributed by atoms with Gasteiger partial charge in [-0.05, 0) is 63.1 Å². The number of hydrogen-bond donors (Lipinski definition) is 2. The molecule has 2 aliphatic rings. The molecule has 1 N–H and O–H groups in total. The fraction of sp³-hybridized carbons (Fsp3) is 0.909. The van der Waals surface area contributed by atoms with Crippen LogP contribution in [0, 0.1) is 0 Å². The van der Waals surface area contributed by atoms with Crippen molar-refractivity contribution in [2.45, 2.75) is 44.8 Å². The zero-order valence-corrected chi connectivity index (χ0v) is 14.8. The summed E-state index contributed by atoms with van der Waals surface area (Å²) in [5.74, 6) is 0.882. The molecule has 19 heavy (non-hydrogen) atoms. The summed E-state index contributed by atoms with van der Waals surface area (Å²) in [6.07, 6.45) is 1.07. The van der Waals surface area contributed by atoms with E-state index in [9.17, 15) is 9.90 Å². The Labute approximate surface area is 127 Å². The molecule has 0 aromatic rings. The average molecular weight is 344 g/mol. The molecule has 0 unspecified atom stereocenters. The summed E-state index contributed by atoms with van der Waals surface area (Å²) in [4.78, 5) is 13.6. The third-order valence-electron chi connectivity index (χ3n) is 3.00. The molecule has 2 rings (SSSR count). The maximum absolute atomic E-state index is 11.9. The van der Waals surface area contributed by atoms with Gasteiger partial charge in [0.05, 0.1) is 5.60 Å². The highest BCUT2D eigenvalue weighted by Crippen LogP contribution is 2.77. The second kappa shape index (κ2) is 6.17. The largest absolute Gasteiger partial charge is 0.444 e. The molecular formula is C11H21NO3S4. The van der Waals surface area contributed by atoms with E-state index in [-0.39, 0.29) is 15.1 Å². The Bertz CT molecular complexity index is 335. The summed E-state index contributed by atoms with van der Waals surface area (Å²) in [7, 11) is 5.48. The Morgan fingerprint density at radius 2 is 1.95 bits per heavy atom. The van der Waals surface area contributed by atoms with Crippen molar-refractivity contribution in [2.75, 3.05) is 18.8 Å². The van der Waals surface area contributed by atoms with Gasteiger partial charge in [0.2, 0.25) is 0 Å². The molecule has 0 aliphatic carbocycles. The minimum absolute atomic E-state index is 0.109. The molecule has 0 radical (unpaired) electrons. The number of nitrogens with zero attached hydrogens (tertiary/aromatic N) is 1. The van der Waals surface area contributed by atoms with Crippen LogP contribution in [0.25, 0.3) is 0 Å².